The zero-order valence-corrected chi connectivity index (χ0v) is 20.1. The maximum absolute atomic E-state index is 13.6. The van der Waals surface area contributed by atoms with Crippen LogP contribution in [0.25, 0.3) is 10.2 Å². The summed E-state index contributed by atoms with van der Waals surface area (Å²) in [7, 11) is 0. The van der Waals surface area contributed by atoms with Crippen molar-refractivity contribution in [1.29, 1.82) is 0 Å². The molecular formula is C24H21N3O5S2. The van der Waals surface area contributed by atoms with E-state index in [-0.39, 0.29) is 17.9 Å². The summed E-state index contributed by atoms with van der Waals surface area (Å²) in [5.74, 6) is -0.0773. The third kappa shape index (κ3) is 4.87. The first-order valence-electron chi connectivity index (χ1n) is 10.5. The van der Waals surface area contributed by atoms with Gasteiger partial charge >= 0.3 is 5.97 Å². The minimum atomic E-state index is -0.470. The number of hydrogen-bond acceptors (Lipinski definition) is 8. The van der Waals surface area contributed by atoms with Gasteiger partial charge in [0.15, 0.2) is 5.16 Å². The summed E-state index contributed by atoms with van der Waals surface area (Å²) in [6, 6.07) is 15.9. The van der Waals surface area contributed by atoms with E-state index in [1.165, 1.54) is 23.9 Å². The topological polar surface area (TPSA) is 104 Å². The van der Waals surface area contributed by atoms with Crippen LogP contribution >= 0.6 is 23.1 Å². The van der Waals surface area contributed by atoms with Crippen molar-refractivity contribution in [1.82, 2.24) is 9.55 Å². The van der Waals surface area contributed by atoms with Crippen LogP contribution in [0, 0.1) is 17.0 Å². The van der Waals surface area contributed by atoms with Gasteiger partial charge in [0.2, 0.25) is 0 Å². The predicted octanol–water partition coefficient (Wildman–Crippen LogP) is 5.19. The number of aryl methyl sites for hydroxylation is 1. The molecule has 4 aromatic rings. The molecule has 0 saturated heterocycles. The number of non-ortho nitro benzene ring substituents is 1. The van der Waals surface area contributed by atoms with Crippen molar-refractivity contribution in [3.63, 3.8) is 0 Å². The van der Waals surface area contributed by atoms with Crippen LogP contribution in [0.2, 0.25) is 0 Å². The number of benzene rings is 2. The fourth-order valence-electron chi connectivity index (χ4n) is 3.51. The lowest BCUT2D eigenvalue weighted by Crippen LogP contribution is -2.24. The number of aromatic nitrogens is 2. The van der Waals surface area contributed by atoms with Crippen molar-refractivity contribution in [2.45, 2.75) is 31.3 Å². The number of carbonyl (C=O) groups excluding carboxylic acids is 1. The molecule has 2 aromatic heterocycles. The lowest BCUT2D eigenvalue weighted by molar-refractivity contribution is -0.384. The molecule has 174 valence electrons. The number of nitrogens with zero attached hydrogens (tertiary/aromatic N) is 3. The van der Waals surface area contributed by atoms with Gasteiger partial charge in [0, 0.05) is 17.9 Å². The Labute approximate surface area is 203 Å². The van der Waals surface area contributed by atoms with E-state index in [1.807, 2.05) is 30.3 Å². The lowest BCUT2D eigenvalue weighted by Gasteiger charge is -2.12. The van der Waals surface area contributed by atoms with Crippen molar-refractivity contribution >= 4 is 45.0 Å². The van der Waals surface area contributed by atoms with E-state index in [4.69, 9.17) is 9.72 Å². The number of esters is 1. The van der Waals surface area contributed by atoms with Crippen LogP contribution in [-0.2, 0) is 17.0 Å². The highest BCUT2D eigenvalue weighted by molar-refractivity contribution is 7.98. The Kier molecular flexibility index (Phi) is 7.09. The van der Waals surface area contributed by atoms with E-state index in [0.29, 0.717) is 38.1 Å². The molecule has 34 heavy (non-hydrogen) atoms. The Morgan fingerprint density at radius 2 is 1.91 bits per heavy atom. The van der Waals surface area contributed by atoms with Crippen molar-refractivity contribution in [2.24, 2.45) is 0 Å². The molecule has 0 bridgehead atoms. The number of nitro groups is 1. The highest BCUT2D eigenvalue weighted by atomic mass is 32.2. The number of hydrogen-bond donors (Lipinski definition) is 0. The Morgan fingerprint density at radius 3 is 2.62 bits per heavy atom. The molecule has 0 N–H and O–H groups in total. The molecule has 0 radical (unpaired) electrons. The molecule has 0 unspecified atom stereocenters. The van der Waals surface area contributed by atoms with E-state index in [2.05, 4.69) is 0 Å². The average Bonchev–Trinajstić information content (AvgIpc) is 3.17. The lowest BCUT2D eigenvalue weighted by atomic mass is 10.2. The van der Waals surface area contributed by atoms with Gasteiger partial charge < -0.3 is 4.74 Å². The summed E-state index contributed by atoms with van der Waals surface area (Å²) >= 11 is 2.46. The highest BCUT2D eigenvalue weighted by Gasteiger charge is 2.22. The molecule has 0 aliphatic rings. The van der Waals surface area contributed by atoms with Gasteiger partial charge in [0.05, 0.1) is 23.5 Å². The molecular weight excluding hydrogens is 474 g/mol. The zero-order chi connectivity index (χ0) is 24.2. The van der Waals surface area contributed by atoms with Crippen molar-refractivity contribution < 1.29 is 14.5 Å². The zero-order valence-electron chi connectivity index (χ0n) is 18.5. The van der Waals surface area contributed by atoms with Crippen LogP contribution in [0.5, 0.6) is 0 Å². The smallest absolute Gasteiger partial charge is 0.348 e. The van der Waals surface area contributed by atoms with Gasteiger partial charge in [-0.1, -0.05) is 54.2 Å². The van der Waals surface area contributed by atoms with E-state index >= 15 is 0 Å². The number of fused-ring (bicyclic) bond motifs is 1. The average molecular weight is 496 g/mol. The Bertz CT molecular complexity index is 1430. The van der Waals surface area contributed by atoms with Gasteiger partial charge in [-0.2, -0.15) is 0 Å². The number of thioether (sulfide) groups is 1. The van der Waals surface area contributed by atoms with E-state index in [1.54, 1.807) is 30.5 Å². The third-order valence-corrected chi connectivity index (χ3v) is 7.36. The molecule has 4 rings (SSSR count). The maximum Gasteiger partial charge on any atom is 0.348 e. The fraction of sp³-hybridized carbons (Fsp3) is 0.208. The molecule has 0 aliphatic heterocycles. The van der Waals surface area contributed by atoms with Gasteiger partial charge in [0.25, 0.3) is 11.2 Å². The number of carbonyl (C=O) groups is 1. The number of rotatable bonds is 8. The SMILES string of the molecule is CCOC(=O)c1sc2nc(SCc3cccc([N+](=O)[O-])c3)n(Cc3ccccc3)c(=O)c2c1C. The Hall–Kier alpha value is -3.50. The molecule has 10 heteroatoms. The number of nitro benzene ring substituents is 1. The molecule has 0 aliphatic carbocycles. The Balaban J connectivity index is 1.79. The van der Waals surface area contributed by atoms with Crippen LogP contribution in [0.3, 0.4) is 0 Å². The second-order valence-corrected chi connectivity index (χ2v) is 9.39. The van der Waals surface area contributed by atoms with Crippen LogP contribution in [0.15, 0.2) is 64.5 Å². The highest BCUT2D eigenvalue weighted by Crippen LogP contribution is 2.31. The van der Waals surface area contributed by atoms with Crippen molar-refractivity contribution in [3.05, 3.63) is 96.6 Å². The van der Waals surface area contributed by atoms with E-state index in [0.717, 1.165) is 22.5 Å². The molecule has 0 fully saturated rings. The minimum Gasteiger partial charge on any atom is -0.462 e. The monoisotopic (exact) mass is 495 g/mol. The van der Waals surface area contributed by atoms with Crippen LogP contribution in [0.1, 0.15) is 33.3 Å². The first-order valence-corrected chi connectivity index (χ1v) is 12.3. The quantitative estimate of drug-likeness (QED) is 0.109. The number of ether oxygens (including phenoxy) is 1. The first kappa shape index (κ1) is 23.7. The van der Waals surface area contributed by atoms with Gasteiger partial charge in [-0.25, -0.2) is 9.78 Å². The summed E-state index contributed by atoms with van der Waals surface area (Å²) in [6.45, 7) is 4.01. The van der Waals surface area contributed by atoms with E-state index in [9.17, 15) is 19.7 Å². The fourth-order valence-corrected chi connectivity index (χ4v) is 5.57. The van der Waals surface area contributed by atoms with Crippen LogP contribution < -0.4 is 5.56 Å². The first-order chi connectivity index (χ1) is 16.4. The molecule has 0 spiro atoms. The molecule has 0 amide bonds. The van der Waals surface area contributed by atoms with Crippen molar-refractivity contribution in [3.8, 4) is 0 Å². The van der Waals surface area contributed by atoms with Crippen LogP contribution in [-0.4, -0.2) is 27.1 Å². The number of thiophene rings is 1. The van der Waals surface area contributed by atoms with Gasteiger partial charge in [-0.3, -0.25) is 19.5 Å². The third-order valence-electron chi connectivity index (χ3n) is 5.15. The molecule has 0 saturated carbocycles. The molecule has 2 aromatic carbocycles. The summed E-state index contributed by atoms with van der Waals surface area (Å²) in [5, 5.41) is 12.0. The summed E-state index contributed by atoms with van der Waals surface area (Å²) in [4.78, 5) is 42.2. The molecule has 0 atom stereocenters. The van der Waals surface area contributed by atoms with Gasteiger partial charge in [-0.05, 0) is 30.5 Å². The van der Waals surface area contributed by atoms with Crippen LogP contribution in [0.4, 0.5) is 5.69 Å². The molecule has 2 heterocycles. The van der Waals surface area contributed by atoms with Crippen molar-refractivity contribution in [2.75, 3.05) is 6.61 Å². The molecule has 8 nitrogen and oxygen atoms in total. The second-order valence-electron chi connectivity index (χ2n) is 7.44. The Morgan fingerprint density at radius 1 is 1.18 bits per heavy atom. The largest absolute Gasteiger partial charge is 0.462 e. The standard InChI is InChI=1S/C24H21N3O5S2/c1-3-32-23(29)20-15(2)19-21(34-20)25-24(26(22(19)28)13-16-8-5-4-6-9-16)33-14-17-10-7-11-18(12-17)27(30)31/h4-12H,3,13-14H2,1-2H3. The summed E-state index contributed by atoms with van der Waals surface area (Å²) in [5.41, 5.74) is 2.01. The normalized spacial score (nSPS) is 11.0. The second kappa shape index (κ2) is 10.2. The minimum absolute atomic E-state index is 0.0103. The maximum atomic E-state index is 13.6. The van der Waals surface area contributed by atoms with E-state index < -0.39 is 10.9 Å². The summed E-state index contributed by atoms with van der Waals surface area (Å²) in [6.07, 6.45) is 0. The summed E-state index contributed by atoms with van der Waals surface area (Å²) < 4.78 is 6.74. The van der Waals surface area contributed by atoms with Gasteiger partial charge in [-0.15, -0.1) is 11.3 Å². The predicted molar refractivity (Wildman–Crippen MR) is 133 cm³/mol. The van der Waals surface area contributed by atoms with Gasteiger partial charge in [0.1, 0.15) is 9.71 Å².